The van der Waals surface area contributed by atoms with Gasteiger partial charge in [0.1, 0.15) is 11.6 Å². The van der Waals surface area contributed by atoms with Crippen LogP contribution in [0.25, 0.3) is 0 Å². The van der Waals surface area contributed by atoms with Gasteiger partial charge in [0.05, 0.1) is 0 Å². The average Bonchev–Trinajstić information content (AvgIpc) is 2.56. The monoisotopic (exact) mass is 365 g/mol. The van der Waals surface area contributed by atoms with Crippen LogP contribution < -0.4 is 0 Å². The van der Waals surface area contributed by atoms with Crippen molar-refractivity contribution in [1.82, 2.24) is 14.9 Å². The summed E-state index contributed by atoms with van der Waals surface area (Å²) in [6, 6.07) is 3.37. The first-order valence-corrected chi connectivity index (χ1v) is 9.10. The first-order valence-electron chi connectivity index (χ1n) is 7.87. The summed E-state index contributed by atoms with van der Waals surface area (Å²) in [5, 5.41) is 0.717. The Hall–Kier alpha value is -2.02. The highest BCUT2D eigenvalue weighted by atomic mass is 32.2. The minimum absolute atomic E-state index is 0.102. The predicted molar refractivity (Wildman–Crippen MR) is 94.4 cm³/mol. The minimum atomic E-state index is -0.646. The van der Waals surface area contributed by atoms with Crippen LogP contribution >= 0.6 is 11.8 Å². The van der Waals surface area contributed by atoms with E-state index in [1.165, 1.54) is 28.8 Å². The molecule has 0 saturated carbocycles. The highest BCUT2D eigenvalue weighted by Gasteiger charge is 2.15. The second-order valence-electron chi connectivity index (χ2n) is 5.85. The van der Waals surface area contributed by atoms with E-state index < -0.39 is 11.6 Å². The molecule has 0 N–H and O–H groups in total. The van der Waals surface area contributed by atoms with Gasteiger partial charge >= 0.3 is 0 Å². The van der Waals surface area contributed by atoms with Crippen molar-refractivity contribution in [3.8, 4) is 0 Å². The molecule has 0 saturated heterocycles. The molecule has 2 aromatic rings. The number of amides is 1. The van der Waals surface area contributed by atoms with E-state index in [-0.39, 0.29) is 24.4 Å². The van der Waals surface area contributed by atoms with Crippen LogP contribution in [-0.2, 0) is 17.8 Å². The zero-order chi connectivity index (χ0) is 18.6. The van der Waals surface area contributed by atoms with Crippen molar-refractivity contribution in [3.63, 3.8) is 0 Å². The molecular formula is C18H21F2N3OS. The zero-order valence-electron chi connectivity index (χ0n) is 14.8. The minimum Gasteiger partial charge on any atom is -0.341 e. The molecule has 0 atom stereocenters. The van der Waals surface area contributed by atoms with E-state index in [1.54, 1.807) is 7.05 Å². The molecule has 7 heteroatoms. The van der Waals surface area contributed by atoms with Gasteiger partial charge in [-0.25, -0.2) is 18.7 Å². The number of hydrogen-bond donors (Lipinski definition) is 0. The summed E-state index contributed by atoms with van der Waals surface area (Å²) < 4.78 is 26.7. The summed E-state index contributed by atoms with van der Waals surface area (Å²) in [4.78, 5) is 22.6. The maximum Gasteiger partial charge on any atom is 0.222 e. The van der Waals surface area contributed by atoms with Crippen LogP contribution in [0.2, 0.25) is 0 Å². The van der Waals surface area contributed by atoms with Gasteiger partial charge in [-0.1, -0.05) is 17.8 Å². The summed E-state index contributed by atoms with van der Waals surface area (Å²) in [5.74, 6) is -1.39. The van der Waals surface area contributed by atoms with Crippen molar-refractivity contribution in [2.24, 2.45) is 0 Å². The fourth-order valence-electron chi connectivity index (χ4n) is 2.58. The van der Waals surface area contributed by atoms with Gasteiger partial charge in [-0.3, -0.25) is 4.79 Å². The average molecular weight is 365 g/mol. The number of halogens is 2. The van der Waals surface area contributed by atoms with Crippen molar-refractivity contribution in [2.45, 2.75) is 38.4 Å². The molecule has 0 aliphatic heterocycles. The van der Waals surface area contributed by atoms with Gasteiger partial charge in [-0.15, -0.1) is 0 Å². The van der Waals surface area contributed by atoms with Gasteiger partial charge in [-0.05, 0) is 38.2 Å². The van der Waals surface area contributed by atoms with Crippen LogP contribution in [0.5, 0.6) is 0 Å². The second-order valence-corrected chi connectivity index (χ2v) is 6.62. The van der Waals surface area contributed by atoms with Crippen LogP contribution in [0.3, 0.4) is 0 Å². The van der Waals surface area contributed by atoms with Crippen LogP contribution in [0.15, 0.2) is 23.4 Å². The van der Waals surface area contributed by atoms with Crippen LogP contribution in [0, 0.1) is 25.5 Å². The fourth-order valence-corrected chi connectivity index (χ4v) is 3.03. The fraction of sp³-hybridized carbons (Fsp3) is 0.389. The van der Waals surface area contributed by atoms with Gasteiger partial charge < -0.3 is 4.90 Å². The van der Waals surface area contributed by atoms with E-state index >= 15 is 0 Å². The Balaban J connectivity index is 2.00. The van der Waals surface area contributed by atoms with Crippen molar-refractivity contribution >= 4 is 17.7 Å². The number of rotatable bonds is 6. The molecule has 0 fully saturated rings. The van der Waals surface area contributed by atoms with E-state index in [0.29, 0.717) is 11.6 Å². The molecule has 134 valence electrons. The first kappa shape index (κ1) is 19.3. The third kappa shape index (κ3) is 4.98. The Kier molecular flexibility index (Phi) is 6.47. The van der Waals surface area contributed by atoms with Gasteiger partial charge in [-0.2, -0.15) is 0 Å². The third-order valence-electron chi connectivity index (χ3n) is 4.02. The van der Waals surface area contributed by atoms with E-state index in [4.69, 9.17) is 0 Å². The summed E-state index contributed by atoms with van der Waals surface area (Å²) in [7, 11) is 1.61. The van der Waals surface area contributed by atoms with E-state index in [1.807, 2.05) is 20.1 Å². The highest BCUT2D eigenvalue weighted by molar-refractivity contribution is 7.98. The van der Waals surface area contributed by atoms with Gasteiger partial charge in [0, 0.05) is 43.0 Å². The molecule has 0 radical (unpaired) electrons. The summed E-state index contributed by atoms with van der Waals surface area (Å²) in [6.45, 7) is 3.92. The summed E-state index contributed by atoms with van der Waals surface area (Å²) in [5.41, 5.74) is 3.00. The Morgan fingerprint density at radius 2 is 1.84 bits per heavy atom. The molecule has 4 nitrogen and oxygen atoms in total. The molecule has 1 aromatic heterocycles. The SMILES string of the molecule is CSc1nc(C)c(CCC(=O)N(C)Cc2ccc(F)cc2F)c(C)n1. The molecular weight excluding hydrogens is 344 g/mol. The number of carbonyl (C=O) groups excluding carboxylic acids is 1. The molecule has 1 heterocycles. The largest absolute Gasteiger partial charge is 0.341 e. The number of benzene rings is 1. The zero-order valence-corrected chi connectivity index (χ0v) is 15.6. The predicted octanol–water partition coefficient (Wildman–Crippen LogP) is 3.68. The van der Waals surface area contributed by atoms with Crippen LogP contribution in [0.1, 0.15) is 28.9 Å². The van der Waals surface area contributed by atoms with Crippen molar-refractivity contribution in [1.29, 1.82) is 0 Å². The standard InChI is InChI=1S/C18H21F2N3OS/c1-11-15(12(2)22-18(21-11)25-4)7-8-17(24)23(3)10-13-5-6-14(19)9-16(13)20/h5-6,9H,7-8,10H2,1-4H3. The lowest BCUT2D eigenvalue weighted by Crippen LogP contribution is -2.27. The normalized spacial score (nSPS) is 10.8. The summed E-state index contributed by atoms with van der Waals surface area (Å²) >= 11 is 1.48. The lowest BCUT2D eigenvalue weighted by molar-refractivity contribution is -0.130. The Labute approximate surface area is 150 Å². The maximum atomic E-state index is 13.7. The van der Waals surface area contributed by atoms with Crippen molar-refractivity contribution in [3.05, 3.63) is 52.3 Å². The topological polar surface area (TPSA) is 46.1 Å². The Bertz CT molecular complexity index is 760. The van der Waals surface area contributed by atoms with Gasteiger partial charge in [0.15, 0.2) is 5.16 Å². The summed E-state index contributed by atoms with van der Waals surface area (Å²) in [6.07, 6.45) is 2.73. The quantitative estimate of drug-likeness (QED) is 0.579. The number of hydrogen-bond acceptors (Lipinski definition) is 4. The molecule has 0 aliphatic carbocycles. The smallest absolute Gasteiger partial charge is 0.222 e. The van der Waals surface area contributed by atoms with E-state index in [2.05, 4.69) is 9.97 Å². The van der Waals surface area contributed by atoms with Crippen LogP contribution in [-0.4, -0.2) is 34.1 Å². The Morgan fingerprint density at radius 3 is 2.40 bits per heavy atom. The molecule has 0 unspecified atom stereocenters. The molecule has 0 spiro atoms. The van der Waals surface area contributed by atoms with Crippen LogP contribution in [0.4, 0.5) is 8.78 Å². The highest BCUT2D eigenvalue weighted by Crippen LogP contribution is 2.18. The number of carbonyl (C=O) groups is 1. The van der Waals surface area contributed by atoms with Crippen molar-refractivity contribution in [2.75, 3.05) is 13.3 Å². The molecule has 1 amide bonds. The third-order valence-corrected chi connectivity index (χ3v) is 4.57. The molecule has 0 bridgehead atoms. The van der Waals surface area contributed by atoms with Crippen molar-refractivity contribution < 1.29 is 13.6 Å². The number of nitrogens with zero attached hydrogens (tertiary/aromatic N) is 3. The lowest BCUT2D eigenvalue weighted by Gasteiger charge is -2.18. The number of aromatic nitrogens is 2. The van der Waals surface area contributed by atoms with Gasteiger partial charge in [0.25, 0.3) is 0 Å². The van der Waals surface area contributed by atoms with E-state index in [0.717, 1.165) is 23.0 Å². The molecule has 0 aliphatic rings. The molecule has 1 aromatic carbocycles. The maximum absolute atomic E-state index is 13.7. The van der Waals surface area contributed by atoms with E-state index in [9.17, 15) is 13.6 Å². The number of thioether (sulfide) groups is 1. The Morgan fingerprint density at radius 1 is 1.20 bits per heavy atom. The second kappa shape index (κ2) is 8.38. The van der Waals surface area contributed by atoms with Gasteiger partial charge in [0.2, 0.25) is 5.91 Å². The molecule has 25 heavy (non-hydrogen) atoms. The first-order chi connectivity index (χ1) is 11.8. The number of aryl methyl sites for hydroxylation is 2. The molecule has 2 rings (SSSR count). The lowest BCUT2D eigenvalue weighted by atomic mass is 10.1.